The number of carbonyl (C=O) groups excluding carboxylic acids is 2. The smallest absolute Gasteiger partial charge is 0.333 e. The van der Waals surface area contributed by atoms with Gasteiger partial charge < -0.3 is 38.9 Å². The Hall–Kier alpha value is -5.47. The molecule has 0 radical (unpaired) electrons. The van der Waals surface area contributed by atoms with E-state index in [9.17, 15) is 25.1 Å². The van der Waals surface area contributed by atoms with Gasteiger partial charge in [0, 0.05) is 71.3 Å². The molecule has 2 unspecified atom stereocenters. The first kappa shape index (κ1) is 36.8. The number of piperazine rings is 1. The minimum atomic E-state index is -1.67. The van der Waals surface area contributed by atoms with Crippen molar-refractivity contribution in [1.82, 2.24) is 20.1 Å². The normalized spacial score (nSPS) is 30.4. The second-order valence-corrected chi connectivity index (χ2v) is 17.3. The lowest BCUT2D eigenvalue weighted by Crippen LogP contribution is -2.70. The van der Waals surface area contributed by atoms with Gasteiger partial charge in [0.15, 0.2) is 28.5 Å². The summed E-state index contributed by atoms with van der Waals surface area (Å²) in [5, 5.41) is 37.5. The first-order valence-electron chi connectivity index (χ1n) is 19.2. The molecule has 1 spiro atoms. The summed E-state index contributed by atoms with van der Waals surface area (Å²) in [6.45, 7) is 4.89. The summed E-state index contributed by atoms with van der Waals surface area (Å²) in [6.07, 6.45) is 0.367. The summed E-state index contributed by atoms with van der Waals surface area (Å²) >= 11 is 1.38. The number of ether oxygens (including phenoxy) is 5. The van der Waals surface area contributed by atoms with E-state index in [1.165, 1.54) is 25.8 Å². The predicted octanol–water partition coefficient (Wildman–Crippen LogP) is 4.21. The van der Waals surface area contributed by atoms with Crippen LogP contribution in [0.5, 0.6) is 28.7 Å². The summed E-state index contributed by atoms with van der Waals surface area (Å²) in [5.74, 6) is -0.968. The van der Waals surface area contributed by atoms with Crippen LogP contribution in [0.25, 0.3) is 10.9 Å². The number of nitrogens with one attached hydrogen (secondary N) is 2. The highest BCUT2D eigenvalue weighted by atomic mass is 32.2. The highest BCUT2D eigenvalue weighted by Crippen LogP contribution is 2.65. The van der Waals surface area contributed by atoms with Crippen LogP contribution in [0.2, 0.25) is 0 Å². The highest BCUT2D eigenvalue weighted by molar-refractivity contribution is 7.99. The Bertz CT molecular complexity index is 2550. The Kier molecular flexibility index (Phi) is 8.11. The number of phenols is 1. The van der Waals surface area contributed by atoms with Gasteiger partial charge in [-0.05, 0) is 43.7 Å². The molecule has 15 nitrogen and oxygen atoms in total. The number of hydrogen-bond donors (Lipinski definition) is 4. The standard InChI is InChI=1S/C42H41N5O10S/c1-18-10-21-12-41(14-43)15-46(4)30(27(21)32(49)33(18)53-5)31-37-29-28(36-35(55-17-56-36)19(2)34(29)57-20(3)48)26(47(31)41)13-54-40(52)42(16-58-37)38-23(11-25(45-42)39(50)51)22-8-6-7-9-24(22)44-38/h6-10,25-26,30-31,37,44-45,49H,11-13,15-17H2,1-5H3,(H,50,51)/t25-,26-,30-,31+,37+,41?,42+/m0/s1. The number of nitrogens with zero attached hydrogens (tertiary/aromatic N) is 3. The van der Waals surface area contributed by atoms with Crippen molar-refractivity contribution in [1.29, 1.82) is 5.26 Å². The molecule has 12 rings (SSSR count). The molecule has 2 saturated heterocycles. The van der Waals surface area contributed by atoms with Crippen LogP contribution in [0.15, 0.2) is 30.3 Å². The van der Waals surface area contributed by atoms with E-state index in [4.69, 9.17) is 23.7 Å². The van der Waals surface area contributed by atoms with Crippen LogP contribution >= 0.6 is 11.8 Å². The molecule has 300 valence electrons. The third kappa shape index (κ3) is 4.81. The van der Waals surface area contributed by atoms with Gasteiger partial charge in [-0.3, -0.25) is 24.7 Å². The van der Waals surface area contributed by atoms with Gasteiger partial charge in [0.25, 0.3) is 0 Å². The molecule has 8 aliphatic heterocycles. The Labute approximate surface area is 337 Å². The van der Waals surface area contributed by atoms with Gasteiger partial charge in [-0.15, -0.1) is 11.8 Å². The number of fused-ring (bicyclic) bond motifs is 8. The number of likely N-dealkylation sites (N-methyl/N-ethyl adjacent to an activating group) is 1. The summed E-state index contributed by atoms with van der Waals surface area (Å²) in [5.41, 5.74) is 2.98. The van der Waals surface area contributed by atoms with Crippen molar-refractivity contribution in [3.8, 4) is 34.8 Å². The fourth-order valence-electron chi connectivity index (χ4n) is 10.9. The Morgan fingerprint density at radius 1 is 1.10 bits per heavy atom. The highest BCUT2D eigenvalue weighted by Gasteiger charge is 2.64. The maximum Gasteiger partial charge on any atom is 0.333 e. The number of carbonyl (C=O) groups is 3. The van der Waals surface area contributed by atoms with Crippen LogP contribution in [0, 0.1) is 25.2 Å². The van der Waals surface area contributed by atoms with Gasteiger partial charge in [0.1, 0.15) is 23.9 Å². The third-order valence-electron chi connectivity index (χ3n) is 13.0. The lowest BCUT2D eigenvalue weighted by Gasteiger charge is -2.60. The van der Waals surface area contributed by atoms with Gasteiger partial charge >= 0.3 is 17.9 Å². The molecule has 4 N–H and O–H groups in total. The number of H-pyrrole nitrogens is 1. The van der Waals surface area contributed by atoms with E-state index in [-0.39, 0.29) is 50.0 Å². The second-order valence-electron chi connectivity index (χ2n) is 16.2. The van der Waals surface area contributed by atoms with Crippen molar-refractivity contribution >= 4 is 40.6 Å². The predicted molar refractivity (Wildman–Crippen MR) is 208 cm³/mol. The number of benzene rings is 3. The van der Waals surface area contributed by atoms with Gasteiger partial charge in [-0.2, -0.15) is 5.26 Å². The molecular formula is C42H41N5O10S. The monoisotopic (exact) mass is 807 g/mol. The molecule has 4 aromatic rings. The molecule has 58 heavy (non-hydrogen) atoms. The summed E-state index contributed by atoms with van der Waals surface area (Å²) < 4.78 is 30.7. The molecule has 8 atom stereocenters. The SMILES string of the molecule is COc1c(C)cc2c(c1O)[C@H]1[C@@H]3[C@@H]4SC[C@]5(N[C@H](C(=O)O)Cc6c5[nH]c5ccccc65)C(=O)OC[C@@H](c5c6c(c(C)c(OC(C)=O)c54)OCO6)N3C(C#N)(C2)CN1C. The number of aliphatic carboxylic acids is 1. The van der Waals surface area contributed by atoms with Crippen molar-refractivity contribution in [3.05, 3.63) is 75.0 Å². The van der Waals surface area contributed by atoms with Crippen LogP contribution in [-0.2, 0) is 37.5 Å². The Morgan fingerprint density at radius 3 is 2.62 bits per heavy atom. The lowest BCUT2D eigenvalue weighted by atomic mass is 9.76. The second kappa shape index (κ2) is 12.8. The number of methoxy groups -OCH3 is 1. The molecule has 0 saturated carbocycles. The number of rotatable bonds is 3. The van der Waals surface area contributed by atoms with E-state index in [2.05, 4.69) is 26.2 Å². The van der Waals surface area contributed by atoms with E-state index in [0.717, 1.165) is 22.0 Å². The number of hydrogen-bond acceptors (Lipinski definition) is 14. The Balaban J connectivity index is 1.27. The summed E-state index contributed by atoms with van der Waals surface area (Å²) in [7, 11) is 3.45. The molecule has 0 amide bonds. The van der Waals surface area contributed by atoms with Gasteiger partial charge in [-0.1, -0.05) is 24.3 Å². The maximum atomic E-state index is 15.1. The zero-order valence-electron chi connectivity index (χ0n) is 32.4. The zero-order valence-corrected chi connectivity index (χ0v) is 33.2. The lowest BCUT2D eigenvalue weighted by molar-refractivity contribution is -0.159. The number of aromatic nitrogens is 1. The van der Waals surface area contributed by atoms with Crippen molar-refractivity contribution in [3.63, 3.8) is 0 Å². The third-order valence-corrected chi connectivity index (χ3v) is 14.5. The number of phenolic OH excluding ortho intramolecular Hbond substituents is 1. The van der Waals surface area contributed by atoms with Crippen molar-refractivity contribution in [2.45, 2.75) is 74.1 Å². The molecule has 4 bridgehead atoms. The zero-order chi connectivity index (χ0) is 40.6. The van der Waals surface area contributed by atoms with E-state index in [0.29, 0.717) is 50.8 Å². The number of aryl methyl sites for hydroxylation is 1. The number of aromatic amines is 1. The van der Waals surface area contributed by atoms with E-state index in [1.54, 1.807) is 6.92 Å². The number of para-hydroxylation sites is 1. The first-order chi connectivity index (χ1) is 27.8. The largest absolute Gasteiger partial charge is 0.504 e. The molecule has 8 aliphatic rings. The van der Waals surface area contributed by atoms with E-state index < -0.39 is 58.4 Å². The van der Waals surface area contributed by atoms with Crippen molar-refractivity contribution in [2.75, 3.05) is 39.9 Å². The molecular weight excluding hydrogens is 767 g/mol. The van der Waals surface area contributed by atoms with Gasteiger partial charge in [-0.25, -0.2) is 4.79 Å². The van der Waals surface area contributed by atoms with Crippen molar-refractivity contribution in [2.24, 2.45) is 0 Å². The maximum absolute atomic E-state index is 15.1. The average Bonchev–Trinajstić information content (AvgIpc) is 3.78. The fourth-order valence-corrected chi connectivity index (χ4v) is 12.6. The van der Waals surface area contributed by atoms with Crippen LogP contribution in [0.3, 0.4) is 0 Å². The molecule has 9 heterocycles. The van der Waals surface area contributed by atoms with Crippen LogP contribution in [0.1, 0.15) is 68.9 Å². The summed E-state index contributed by atoms with van der Waals surface area (Å²) in [4.78, 5) is 48.6. The van der Waals surface area contributed by atoms with E-state index in [1.807, 2.05) is 44.3 Å². The minimum absolute atomic E-state index is 0.0194. The van der Waals surface area contributed by atoms with E-state index >= 15 is 4.79 Å². The molecule has 3 aromatic carbocycles. The number of aromatic hydroxyl groups is 1. The fraction of sp³-hybridized carbons (Fsp3) is 0.429. The number of carboxylic acids is 1. The average molecular weight is 808 g/mol. The number of esters is 2. The van der Waals surface area contributed by atoms with Crippen LogP contribution in [-0.4, -0.2) is 100 Å². The van der Waals surface area contributed by atoms with Gasteiger partial charge in [0.2, 0.25) is 6.79 Å². The molecule has 1 aromatic heterocycles. The van der Waals surface area contributed by atoms with Gasteiger partial charge in [0.05, 0.1) is 36.2 Å². The topological polar surface area (TPSA) is 196 Å². The van der Waals surface area contributed by atoms with Crippen LogP contribution in [0.4, 0.5) is 0 Å². The summed E-state index contributed by atoms with van der Waals surface area (Å²) in [6, 6.07) is 9.07. The Morgan fingerprint density at radius 2 is 1.88 bits per heavy atom. The molecule has 2 fully saturated rings. The number of nitriles is 1. The van der Waals surface area contributed by atoms with Crippen molar-refractivity contribution < 1.29 is 48.3 Å². The number of thioether (sulfide) groups is 1. The molecule has 0 aliphatic carbocycles. The quantitative estimate of drug-likeness (QED) is 0.170. The number of carboxylic acid groups (broad SMARTS) is 1. The molecule has 16 heteroatoms. The first-order valence-corrected chi connectivity index (χ1v) is 20.2. The minimum Gasteiger partial charge on any atom is -0.504 e. The van der Waals surface area contributed by atoms with Crippen LogP contribution < -0.4 is 24.3 Å².